The predicted molar refractivity (Wildman–Crippen MR) is 103 cm³/mol. The monoisotopic (exact) mass is 393 g/mol. The van der Waals surface area contributed by atoms with E-state index in [9.17, 15) is 19.7 Å². The second-order valence-corrected chi connectivity index (χ2v) is 6.63. The fourth-order valence-electron chi connectivity index (χ4n) is 3.29. The number of esters is 1. The van der Waals surface area contributed by atoms with Crippen LogP contribution in [0.15, 0.2) is 18.2 Å². The molecule has 1 saturated heterocycles. The Morgan fingerprint density at radius 2 is 2.14 bits per heavy atom. The normalized spacial score (nSPS) is 16.5. The van der Waals surface area contributed by atoms with Crippen LogP contribution >= 0.6 is 0 Å². The van der Waals surface area contributed by atoms with Crippen molar-refractivity contribution in [2.24, 2.45) is 0 Å². The van der Waals surface area contributed by atoms with E-state index in [1.54, 1.807) is 4.90 Å². The van der Waals surface area contributed by atoms with E-state index in [0.717, 1.165) is 31.7 Å². The van der Waals surface area contributed by atoms with E-state index in [-0.39, 0.29) is 35.5 Å². The SMILES string of the molecule is CC[C@@H]1CCCCN1C(=O)COC(=O)c1ccc(NCCOC)c([N+](=O)[O-])c1. The van der Waals surface area contributed by atoms with Gasteiger partial charge in [0.2, 0.25) is 0 Å². The van der Waals surface area contributed by atoms with Crippen molar-refractivity contribution in [1.29, 1.82) is 0 Å². The average molecular weight is 393 g/mol. The quantitative estimate of drug-likeness (QED) is 0.297. The third-order valence-electron chi connectivity index (χ3n) is 4.80. The van der Waals surface area contributed by atoms with Crippen molar-refractivity contribution in [1.82, 2.24) is 4.90 Å². The second-order valence-electron chi connectivity index (χ2n) is 6.63. The molecule has 0 radical (unpaired) electrons. The van der Waals surface area contributed by atoms with Crippen molar-refractivity contribution in [3.8, 4) is 0 Å². The van der Waals surface area contributed by atoms with Gasteiger partial charge in [-0.3, -0.25) is 14.9 Å². The van der Waals surface area contributed by atoms with E-state index in [1.165, 1.54) is 19.2 Å². The van der Waals surface area contributed by atoms with Crippen LogP contribution in [0, 0.1) is 10.1 Å². The summed E-state index contributed by atoms with van der Waals surface area (Å²) >= 11 is 0. The van der Waals surface area contributed by atoms with Crippen LogP contribution in [0.3, 0.4) is 0 Å². The maximum atomic E-state index is 12.4. The van der Waals surface area contributed by atoms with E-state index in [1.807, 2.05) is 6.92 Å². The van der Waals surface area contributed by atoms with E-state index in [2.05, 4.69) is 5.32 Å². The van der Waals surface area contributed by atoms with Crippen LogP contribution in [0.1, 0.15) is 43.0 Å². The van der Waals surface area contributed by atoms with Gasteiger partial charge in [0.15, 0.2) is 6.61 Å². The highest BCUT2D eigenvalue weighted by Crippen LogP contribution is 2.26. The van der Waals surface area contributed by atoms with Crippen molar-refractivity contribution in [2.75, 3.05) is 38.7 Å². The van der Waals surface area contributed by atoms with Crippen LogP contribution in [0.2, 0.25) is 0 Å². The Bertz CT molecular complexity index is 709. The molecule has 1 aromatic carbocycles. The molecule has 0 saturated carbocycles. The molecule has 1 heterocycles. The number of amides is 1. The first-order valence-corrected chi connectivity index (χ1v) is 9.45. The first-order chi connectivity index (χ1) is 13.5. The van der Waals surface area contributed by atoms with Gasteiger partial charge >= 0.3 is 5.97 Å². The molecular weight excluding hydrogens is 366 g/mol. The smallest absolute Gasteiger partial charge is 0.338 e. The van der Waals surface area contributed by atoms with Crippen LogP contribution in [0.25, 0.3) is 0 Å². The number of hydrogen-bond donors (Lipinski definition) is 1. The molecule has 28 heavy (non-hydrogen) atoms. The highest BCUT2D eigenvalue weighted by Gasteiger charge is 2.26. The summed E-state index contributed by atoms with van der Waals surface area (Å²) in [4.78, 5) is 37.2. The number of benzene rings is 1. The Kier molecular flexibility index (Phi) is 8.19. The molecule has 1 aromatic rings. The lowest BCUT2D eigenvalue weighted by molar-refractivity contribution is -0.384. The lowest BCUT2D eigenvalue weighted by Crippen LogP contribution is -2.45. The number of ether oxygens (including phenoxy) is 2. The number of nitrogens with one attached hydrogen (secondary N) is 1. The molecule has 0 aromatic heterocycles. The van der Waals surface area contributed by atoms with Crippen molar-refractivity contribution in [3.05, 3.63) is 33.9 Å². The van der Waals surface area contributed by atoms with Gasteiger partial charge in [0, 0.05) is 32.3 Å². The van der Waals surface area contributed by atoms with Gasteiger partial charge in [0.25, 0.3) is 11.6 Å². The first-order valence-electron chi connectivity index (χ1n) is 9.45. The standard InChI is InChI=1S/C19H27N3O6/c1-3-15-6-4-5-10-21(15)18(23)13-28-19(24)14-7-8-16(20-9-11-27-2)17(12-14)22(25)26/h7-8,12,15,20H,3-6,9-11,13H2,1-2H3/t15-/m1/s1. The summed E-state index contributed by atoms with van der Waals surface area (Å²) in [6.07, 6.45) is 3.86. The Morgan fingerprint density at radius 3 is 2.82 bits per heavy atom. The minimum atomic E-state index is -0.759. The first kappa shape index (κ1) is 21.6. The highest BCUT2D eigenvalue weighted by atomic mass is 16.6. The maximum Gasteiger partial charge on any atom is 0.338 e. The van der Waals surface area contributed by atoms with E-state index in [4.69, 9.17) is 9.47 Å². The molecule has 0 bridgehead atoms. The van der Waals surface area contributed by atoms with Crippen molar-refractivity contribution < 1.29 is 24.0 Å². The molecule has 0 unspecified atom stereocenters. The number of carbonyl (C=O) groups is 2. The van der Waals surface area contributed by atoms with Gasteiger partial charge in [0.05, 0.1) is 17.1 Å². The predicted octanol–water partition coefficient (Wildman–Crippen LogP) is 2.60. The Balaban J connectivity index is 2.00. The molecule has 1 atom stereocenters. The molecule has 1 amide bonds. The zero-order valence-corrected chi connectivity index (χ0v) is 16.3. The zero-order chi connectivity index (χ0) is 20.5. The molecule has 1 fully saturated rings. The summed E-state index contributed by atoms with van der Waals surface area (Å²) in [7, 11) is 1.53. The molecule has 2 rings (SSSR count). The maximum absolute atomic E-state index is 12.4. The molecule has 154 valence electrons. The van der Waals surface area contributed by atoms with Gasteiger partial charge in [0.1, 0.15) is 5.69 Å². The van der Waals surface area contributed by atoms with Crippen LogP contribution in [-0.2, 0) is 14.3 Å². The summed E-state index contributed by atoms with van der Waals surface area (Å²) in [6.45, 7) is 3.12. The summed E-state index contributed by atoms with van der Waals surface area (Å²) in [5.41, 5.74) is 0.0789. The van der Waals surface area contributed by atoms with Crippen molar-refractivity contribution in [2.45, 2.75) is 38.6 Å². The molecule has 1 aliphatic heterocycles. The van der Waals surface area contributed by atoms with Gasteiger partial charge in [-0.15, -0.1) is 0 Å². The molecule has 9 nitrogen and oxygen atoms in total. The number of piperidine rings is 1. The summed E-state index contributed by atoms with van der Waals surface area (Å²) in [5.74, 6) is -0.989. The molecule has 9 heteroatoms. The van der Waals surface area contributed by atoms with Gasteiger partial charge in [-0.2, -0.15) is 0 Å². The average Bonchev–Trinajstić information content (AvgIpc) is 2.71. The minimum absolute atomic E-state index is 0.0301. The Morgan fingerprint density at radius 1 is 1.36 bits per heavy atom. The van der Waals surface area contributed by atoms with Crippen LogP contribution < -0.4 is 5.32 Å². The number of nitrogens with zero attached hydrogens (tertiary/aromatic N) is 2. The van der Waals surface area contributed by atoms with Gasteiger partial charge < -0.3 is 19.7 Å². The summed E-state index contributed by atoms with van der Waals surface area (Å²) < 4.78 is 10.0. The third kappa shape index (κ3) is 5.66. The van der Waals surface area contributed by atoms with E-state index >= 15 is 0 Å². The number of anilines is 1. The fourth-order valence-corrected chi connectivity index (χ4v) is 3.29. The summed E-state index contributed by atoms with van der Waals surface area (Å²) in [6, 6.07) is 4.21. The molecule has 1 aliphatic rings. The molecule has 0 spiro atoms. The van der Waals surface area contributed by atoms with Crippen LogP contribution in [0.4, 0.5) is 11.4 Å². The Labute approximate surface area is 164 Å². The lowest BCUT2D eigenvalue weighted by atomic mass is 10.00. The van der Waals surface area contributed by atoms with Gasteiger partial charge in [-0.25, -0.2) is 4.79 Å². The minimum Gasteiger partial charge on any atom is -0.452 e. The number of rotatable bonds is 9. The molecule has 0 aliphatic carbocycles. The van der Waals surface area contributed by atoms with Crippen molar-refractivity contribution in [3.63, 3.8) is 0 Å². The Hall–Kier alpha value is -2.68. The summed E-state index contributed by atoms with van der Waals surface area (Å²) in [5, 5.41) is 14.2. The zero-order valence-electron chi connectivity index (χ0n) is 16.3. The van der Waals surface area contributed by atoms with Crippen LogP contribution in [-0.4, -0.2) is 61.2 Å². The number of methoxy groups -OCH3 is 1. The topological polar surface area (TPSA) is 111 Å². The number of carbonyl (C=O) groups excluding carboxylic acids is 2. The van der Waals surface area contributed by atoms with E-state index < -0.39 is 10.9 Å². The van der Waals surface area contributed by atoms with E-state index in [0.29, 0.717) is 19.7 Å². The number of nitro groups is 1. The largest absolute Gasteiger partial charge is 0.452 e. The second kappa shape index (κ2) is 10.6. The lowest BCUT2D eigenvalue weighted by Gasteiger charge is -2.35. The number of likely N-dealkylation sites (tertiary alicyclic amines) is 1. The van der Waals surface area contributed by atoms with Crippen LogP contribution in [0.5, 0.6) is 0 Å². The number of nitro benzene ring substituents is 1. The molecule has 1 N–H and O–H groups in total. The molecular formula is C19H27N3O6. The highest BCUT2D eigenvalue weighted by molar-refractivity contribution is 5.93. The van der Waals surface area contributed by atoms with Gasteiger partial charge in [-0.05, 0) is 37.8 Å². The fraction of sp³-hybridized carbons (Fsp3) is 0.579. The van der Waals surface area contributed by atoms with Gasteiger partial charge in [-0.1, -0.05) is 6.92 Å². The number of hydrogen-bond acceptors (Lipinski definition) is 7. The third-order valence-corrected chi connectivity index (χ3v) is 4.80. The van der Waals surface area contributed by atoms with Crippen molar-refractivity contribution >= 4 is 23.3 Å².